The van der Waals surface area contributed by atoms with Gasteiger partial charge in [-0.1, -0.05) is 13.8 Å². The first kappa shape index (κ1) is 45.1. The van der Waals surface area contributed by atoms with Crippen molar-refractivity contribution in [2.45, 2.75) is 63.8 Å². The van der Waals surface area contributed by atoms with Crippen LogP contribution in [0.4, 0.5) is 5.82 Å². The minimum atomic E-state index is -5.93. The van der Waals surface area contributed by atoms with E-state index in [4.69, 9.17) is 10.5 Å². The third-order valence-corrected chi connectivity index (χ3v) is 10.4. The number of aliphatic hydroxyl groups excluding tert-OH is 2. The molecule has 1 fully saturated rings. The normalized spacial score (nSPS) is 21.9. The number of ether oxygens (including phenoxy) is 2. The Labute approximate surface area is 305 Å². The number of anilines is 1. The summed E-state index contributed by atoms with van der Waals surface area (Å²) in [5.74, 6) is -1.97. The van der Waals surface area contributed by atoms with E-state index in [9.17, 15) is 62.7 Å². The summed E-state index contributed by atoms with van der Waals surface area (Å²) in [7, 11) is -17.6. The smallest absolute Gasteiger partial charge is 0.293 e. The van der Waals surface area contributed by atoms with Crippen LogP contribution in [0.2, 0.25) is 0 Å². The van der Waals surface area contributed by atoms with Crippen molar-refractivity contribution in [1.82, 2.24) is 30.2 Å². The molecule has 0 saturated carbocycles. The van der Waals surface area contributed by atoms with E-state index in [0.717, 1.165) is 17.2 Å². The highest BCUT2D eigenvalue weighted by atomic mass is 31.3. The Kier molecular flexibility index (Phi) is 15.9. The van der Waals surface area contributed by atoms with E-state index < -0.39 is 84.6 Å². The fourth-order valence-electron chi connectivity index (χ4n) is 4.60. The fraction of sp³-hybridized carbons (Fsp3) is 0.640. The minimum absolute atomic E-state index is 0.0202. The molecule has 1 aliphatic heterocycles. The largest absolute Gasteiger partial charge is 0.790 e. The number of phosphoric acid groups is 3. The second-order valence-electron chi connectivity index (χ2n) is 12.0. The van der Waals surface area contributed by atoms with Gasteiger partial charge in [0.25, 0.3) is 22.1 Å². The summed E-state index contributed by atoms with van der Waals surface area (Å²) in [4.78, 5) is 105. The van der Waals surface area contributed by atoms with Crippen LogP contribution < -0.4 is 35.9 Å². The monoisotopic (exact) mass is 831 g/mol. The van der Waals surface area contributed by atoms with Gasteiger partial charge >= 0.3 is 0 Å². The molecule has 0 spiro atoms. The van der Waals surface area contributed by atoms with Crippen LogP contribution in [0.1, 0.15) is 39.3 Å². The predicted octanol–water partition coefficient (Wildman–Crippen LogP) is -4.60. The first-order valence-corrected chi connectivity index (χ1v) is 19.8. The van der Waals surface area contributed by atoms with Gasteiger partial charge in [-0.15, -0.1) is 0 Å². The molecule has 3 heterocycles. The molecule has 0 aromatic carbocycles. The van der Waals surface area contributed by atoms with E-state index in [1.807, 2.05) is 0 Å². The number of aliphatic hydroxyl groups is 2. The summed E-state index contributed by atoms with van der Waals surface area (Å²) in [6, 6.07) is 0. The molecule has 3 rings (SSSR count). The zero-order valence-corrected chi connectivity index (χ0v) is 31.0. The number of ketones is 1. The zero-order valence-electron chi connectivity index (χ0n) is 28.3. The maximum atomic E-state index is 12.5. The quantitative estimate of drug-likeness (QED) is 0.0399. The van der Waals surface area contributed by atoms with E-state index in [-0.39, 0.29) is 68.2 Å². The summed E-state index contributed by atoms with van der Waals surface area (Å²) < 4.78 is 64.6. The number of nitrogens with one attached hydrogen (secondary N) is 2. The van der Waals surface area contributed by atoms with Crippen molar-refractivity contribution in [3.63, 3.8) is 0 Å². The number of Topliss-reactive ketones (excluding diaryl/α,β-unsaturated/α-hetero) is 1. The van der Waals surface area contributed by atoms with E-state index in [0.29, 0.717) is 0 Å². The van der Waals surface area contributed by atoms with Gasteiger partial charge in [-0.25, -0.2) is 19.3 Å². The first-order valence-electron chi connectivity index (χ1n) is 15.4. The summed E-state index contributed by atoms with van der Waals surface area (Å²) in [6.45, 7) is -0.168. The second-order valence-corrected chi connectivity index (χ2v) is 16.1. The molecule has 304 valence electrons. The summed E-state index contributed by atoms with van der Waals surface area (Å²) in [5, 5.41) is 25.9. The first-order chi connectivity index (χ1) is 25.1. The fourth-order valence-corrected chi connectivity index (χ4v) is 7.34. The average molecular weight is 832 g/mol. The third-order valence-electron chi connectivity index (χ3n) is 7.35. The number of carbonyl (C=O) groups excluding carboxylic acids is 4. The van der Waals surface area contributed by atoms with Crippen molar-refractivity contribution < 1.29 is 90.0 Å². The molecule has 2 aromatic rings. The molecule has 6 N–H and O–H groups in total. The molecule has 0 aliphatic carbocycles. The summed E-state index contributed by atoms with van der Waals surface area (Å²) >= 11 is 0. The van der Waals surface area contributed by atoms with Gasteiger partial charge < -0.3 is 73.8 Å². The number of hydrogen-bond acceptors (Lipinski definition) is 23. The van der Waals surface area contributed by atoms with Crippen molar-refractivity contribution >= 4 is 64.5 Å². The highest BCUT2D eigenvalue weighted by molar-refractivity contribution is 7.59. The molecule has 54 heavy (non-hydrogen) atoms. The Morgan fingerprint density at radius 2 is 1.72 bits per heavy atom. The molecule has 1 saturated heterocycles. The molecule has 29 heteroatoms. The molecule has 0 radical (unpaired) electrons. The number of amides is 2. The number of nitrogens with two attached hydrogens (primary N) is 1. The average Bonchev–Trinajstić information content (AvgIpc) is 3.62. The molecule has 26 nitrogen and oxygen atoms in total. The Balaban J connectivity index is 1.51. The topological polar surface area (TPSA) is 401 Å². The lowest BCUT2D eigenvalue weighted by Crippen LogP contribution is -2.46. The molecule has 7 atom stereocenters. The lowest BCUT2D eigenvalue weighted by Gasteiger charge is -2.36. The number of hydrogen-bond donors (Lipinski definition) is 5. The molecule has 1 aliphatic rings. The highest BCUT2D eigenvalue weighted by Gasteiger charge is 2.47. The molecule has 0 bridgehead atoms. The van der Waals surface area contributed by atoms with Crippen molar-refractivity contribution in [2.75, 3.05) is 38.6 Å². The number of rotatable bonds is 23. The van der Waals surface area contributed by atoms with Crippen LogP contribution in [0.15, 0.2) is 12.7 Å². The Bertz CT molecular complexity index is 1790. The van der Waals surface area contributed by atoms with Crippen LogP contribution in [-0.2, 0) is 60.2 Å². The number of nitrogens with zero attached hydrogens (tertiary/aromatic N) is 4. The van der Waals surface area contributed by atoms with Crippen LogP contribution in [0.3, 0.4) is 0 Å². The molecule has 7 unspecified atom stereocenters. The summed E-state index contributed by atoms with van der Waals surface area (Å²) in [6.07, 6.45) is -7.81. The lowest BCUT2D eigenvalue weighted by molar-refractivity contribution is -0.347. The van der Waals surface area contributed by atoms with Crippen LogP contribution in [0.25, 0.3) is 11.2 Å². The summed E-state index contributed by atoms with van der Waals surface area (Å²) in [5.41, 5.74) is 4.01. The van der Waals surface area contributed by atoms with Crippen LogP contribution >= 0.6 is 23.5 Å². The number of phosphoric ester groups is 3. The van der Waals surface area contributed by atoms with Crippen LogP contribution in [-0.4, -0.2) is 111 Å². The number of aromatic nitrogens is 4. The van der Waals surface area contributed by atoms with Gasteiger partial charge in [-0.3, -0.25) is 32.9 Å². The number of imidazole rings is 1. The number of fused-ring (bicyclic) bond motifs is 1. The van der Waals surface area contributed by atoms with E-state index in [2.05, 4.69) is 48.2 Å². The second kappa shape index (κ2) is 19.0. The standard InChI is InChI=1S/C25H40N7O19P3/c1-25(2,20(37)23(38)28-7-4-16(35)27-6-3-14(34)5-8-46-13-33)10-48-54(44,45)51-53(42,43)47-9-15-19(50-52(39,40)41)18(36)24(49-15)32-12-31-17-21(26)29-11-30-22(17)32/h11-13,15,18-20,24,36-37H,3-10H2,1-2H3,(H,27,35)(H,28,38)(H,42,43)(H,44,45)(H2,26,29,30)(H2,39,40,41)/p-4. The Morgan fingerprint density at radius 1 is 1.06 bits per heavy atom. The maximum Gasteiger partial charge on any atom is 0.293 e. The van der Waals surface area contributed by atoms with Gasteiger partial charge in [-0.05, 0) is 0 Å². The Morgan fingerprint density at radius 3 is 2.39 bits per heavy atom. The van der Waals surface area contributed by atoms with Crippen molar-refractivity contribution in [3.8, 4) is 0 Å². The Hall–Kier alpha value is -3.32. The molecule has 2 aromatic heterocycles. The third kappa shape index (κ3) is 13.5. The molecular weight excluding hydrogens is 795 g/mol. The maximum absolute atomic E-state index is 12.5. The van der Waals surface area contributed by atoms with E-state index in [1.165, 1.54) is 13.8 Å². The van der Waals surface area contributed by atoms with Crippen LogP contribution in [0, 0.1) is 5.41 Å². The van der Waals surface area contributed by atoms with Crippen molar-refractivity contribution in [2.24, 2.45) is 5.41 Å². The zero-order chi connectivity index (χ0) is 40.5. The SMILES string of the molecule is CC(C)(COP(=O)([O-])OP(=O)([O-])OCC1OC(n2cnc3c(N)ncnc32)C(O)C1OP(=O)([O-])[O-])C(O)C(=O)NCCC(=O)NCCC(=O)CCOC=O. The van der Waals surface area contributed by atoms with Crippen LogP contribution in [0.5, 0.6) is 0 Å². The number of carbonyl (C=O) groups is 4. The van der Waals surface area contributed by atoms with Crippen molar-refractivity contribution in [1.29, 1.82) is 0 Å². The lowest BCUT2D eigenvalue weighted by atomic mass is 9.87. The van der Waals surface area contributed by atoms with Gasteiger partial charge in [0.1, 0.15) is 42.0 Å². The highest BCUT2D eigenvalue weighted by Crippen LogP contribution is 2.56. The van der Waals surface area contributed by atoms with Gasteiger partial charge in [0, 0.05) is 37.8 Å². The van der Waals surface area contributed by atoms with Crippen molar-refractivity contribution in [3.05, 3.63) is 12.7 Å². The van der Waals surface area contributed by atoms with E-state index >= 15 is 0 Å². The minimum Gasteiger partial charge on any atom is -0.790 e. The van der Waals surface area contributed by atoms with Gasteiger partial charge in [0.05, 0.1) is 34.0 Å². The van der Waals surface area contributed by atoms with E-state index in [1.54, 1.807) is 0 Å². The van der Waals surface area contributed by atoms with Gasteiger partial charge in [-0.2, -0.15) is 0 Å². The number of nitrogen functional groups attached to an aromatic ring is 1. The van der Waals surface area contributed by atoms with Gasteiger partial charge in [0.2, 0.25) is 11.8 Å². The predicted molar refractivity (Wildman–Crippen MR) is 167 cm³/mol. The molecule has 2 amide bonds. The molecular formula is C25H36N7O19P3-4. The van der Waals surface area contributed by atoms with Gasteiger partial charge in [0.15, 0.2) is 17.7 Å².